The molecule has 0 unspecified atom stereocenters. The van der Waals surface area contributed by atoms with Gasteiger partial charge in [0.05, 0.1) is 18.5 Å². The molecule has 1 aliphatic rings. The summed E-state index contributed by atoms with van der Waals surface area (Å²) < 4.78 is 19.7. The molecule has 0 radical (unpaired) electrons. The first-order valence-corrected chi connectivity index (χ1v) is 8.00. The number of carbonyl (C=O) groups is 1. The molecule has 1 N–H and O–H groups in total. The molecule has 1 aliphatic heterocycles. The predicted molar refractivity (Wildman–Crippen MR) is 85.7 cm³/mol. The first-order chi connectivity index (χ1) is 11.6. The lowest BCUT2D eigenvalue weighted by atomic mass is 10.1. The fourth-order valence-corrected chi connectivity index (χ4v) is 2.79. The highest BCUT2D eigenvalue weighted by atomic mass is 19.1. The second-order valence-corrected chi connectivity index (χ2v) is 5.86. The lowest BCUT2D eigenvalue weighted by Crippen LogP contribution is -2.35. The minimum Gasteiger partial charge on any atom is -0.504 e. The zero-order valence-corrected chi connectivity index (χ0v) is 13.5. The van der Waals surface area contributed by atoms with Gasteiger partial charge in [-0.05, 0) is 37.6 Å². The minimum atomic E-state index is -0.359. The fraction of sp³-hybridized carbons (Fsp3) is 0.412. The SMILES string of the molecule is CCN(C[C@@H]1CCOC1)C(=O)c1nn(-c2ccc(F)cc2)cc1O. The van der Waals surface area contributed by atoms with E-state index in [0.29, 0.717) is 31.3 Å². The molecular weight excluding hydrogens is 313 g/mol. The van der Waals surface area contributed by atoms with Crippen molar-refractivity contribution in [1.82, 2.24) is 14.7 Å². The van der Waals surface area contributed by atoms with E-state index in [0.717, 1.165) is 13.0 Å². The highest BCUT2D eigenvalue weighted by Gasteiger charge is 2.26. The number of hydrogen-bond donors (Lipinski definition) is 1. The lowest BCUT2D eigenvalue weighted by Gasteiger charge is -2.22. The van der Waals surface area contributed by atoms with Crippen molar-refractivity contribution in [2.24, 2.45) is 5.92 Å². The Kier molecular flexibility index (Phi) is 4.80. The molecular formula is C17H20FN3O3. The molecule has 0 spiro atoms. The normalized spacial score (nSPS) is 17.2. The molecule has 0 saturated carbocycles. The highest BCUT2D eigenvalue weighted by molar-refractivity contribution is 5.94. The third-order valence-electron chi connectivity index (χ3n) is 4.16. The Balaban J connectivity index is 1.79. The molecule has 1 saturated heterocycles. The third kappa shape index (κ3) is 3.41. The van der Waals surface area contributed by atoms with Crippen LogP contribution in [0.1, 0.15) is 23.8 Å². The Morgan fingerprint density at radius 2 is 2.21 bits per heavy atom. The van der Waals surface area contributed by atoms with Crippen molar-refractivity contribution in [3.05, 3.63) is 42.0 Å². The molecule has 1 aromatic heterocycles. The van der Waals surface area contributed by atoms with Gasteiger partial charge in [0, 0.05) is 25.6 Å². The van der Waals surface area contributed by atoms with Gasteiger partial charge in [0.2, 0.25) is 0 Å². The number of nitrogens with zero attached hydrogens (tertiary/aromatic N) is 3. The average molecular weight is 333 g/mol. The van der Waals surface area contributed by atoms with Crippen LogP contribution in [0.4, 0.5) is 4.39 Å². The lowest BCUT2D eigenvalue weighted by molar-refractivity contribution is 0.0721. The van der Waals surface area contributed by atoms with E-state index < -0.39 is 0 Å². The summed E-state index contributed by atoms with van der Waals surface area (Å²) in [6.07, 6.45) is 2.28. The van der Waals surface area contributed by atoms with Gasteiger partial charge in [-0.15, -0.1) is 0 Å². The summed E-state index contributed by atoms with van der Waals surface area (Å²) in [6, 6.07) is 5.66. The van der Waals surface area contributed by atoms with Crippen LogP contribution in [0.3, 0.4) is 0 Å². The summed E-state index contributed by atoms with van der Waals surface area (Å²) in [6.45, 7) is 4.37. The maximum atomic E-state index is 13.0. The Hall–Kier alpha value is -2.41. The van der Waals surface area contributed by atoms with E-state index in [9.17, 15) is 14.3 Å². The molecule has 128 valence electrons. The van der Waals surface area contributed by atoms with E-state index in [1.165, 1.54) is 35.1 Å². The van der Waals surface area contributed by atoms with Crippen molar-refractivity contribution in [1.29, 1.82) is 0 Å². The molecule has 1 aromatic carbocycles. The van der Waals surface area contributed by atoms with Crippen LogP contribution < -0.4 is 0 Å². The van der Waals surface area contributed by atoms with E-state index in [1.807, 2.05) is 6.92 Å². The summed E-state index contributed by atoms with van der Waals surface area (Å²) in [5, 5.41) is 14.3. The Labute approximate surface area is 139 Å². The number of benzene rings is 1. The van der Waals surface area contributed by atoms with Gasteiger partial charge in [-0.25, -0.2) is 9.07 Å². The van der Waals surface area contributed by atoms with Gasteiger partial charge in [0.1, 0.15) is 5.82 Å². The van der Waals surface area contributed by atoms with Crippen LogP contribution in [0.15, 0.2) is 30.5 Å². The van der Waals surface area contributed by atoms with Crippen LogP contribution in [0, 0.1) is 11.7 Å². The molecule has 3 rings (SSSR count). The van der Waals surface area contributed by atoms with Gasteiger partial charge in [0.15, 0.2) is 11.4 Å². The standard InChI is InChI=1S/C17H20FN3O3/c1-2-20(9-12-7-8-24-11-12)17(23)16-15(22)10-21(19-16)14-5-3-13(18)4-6-14/h3-6,10,12,22H,2,7-9,11H2,1H3/t12-/m0/s1. The maximum absolute atomic E-state index is 13.0. The molecule has 1 amide bonds. The molecule has 2 aromatic rings. The van der Waals surface area contributed by atoms with Crippen molar-refractivity contribution in [2.45, 2.75) is 13.3 Å². The number of rotatable bonds is 5. The van der Waals surface area contributed by atoms with Gasteiger partial charge in [-0.3, -0.25) is 4.79 Å². The van der Waals surface area contributed by atoms with Crippen LogP contribution in [0.2, 0.25) is 0 Å². The quantitative estimate of drug-likeness (QED) is 0.911. The molecule has 24 heavy (non-hydrogen) atoms. The van der Waals surface area contributed by atoms with Crippen LogP contribution >= 0.6 is 0 Å². The Morgan fingerprint density at radius 1 is 1.46 bits per heavy atom. The van der Waals surface area contributed by atoms with Gasteiger partial charge in [-0.2, -0.15) is 5.10 Å². The topological polar surface area (TPSA) is 67.6 Å². The molecule has 0 bridgehead atoms. The summed E-state index contributed by atoms with van der Waals surface area (Å²) in [7, 11) is 0. The van der Waals surface area contributed by atoms with E-state index >= 15 is 0 Å². The highest BCUT2D eigenvalue weighted by Crippen LogP contribution is 2.22. The number of halogens is 1. The first kappa shape index (κ1) is 16.4. The van der Waals surface area contributed by atoms with Crippen molar-refractivity contribution in [2.75, 3.05) is 26.3 Å². The molecule has 1 fully saturated rings. The summed E-state index contributed by atoms with van der Waals surface area (Å²) >= 11 is 0. The monoisotopic (exact) mass is 333 g/mol. The van der Waals surface area contributed by atoms with Gasteiger partial charge in [-0.1, -0.05) is 0 Å². The molecule has 2 heterocycles. The van der Waals surface area contributed by atoms with E-state index in [4.69, 9.17) is 4.74 Å². The first-order valence-electron chi connectivity index (χ1n) is 8.00. The van der Waals surface area contributed by atoms with Crippen LogP contribution in [0.25, 0.3) is 5.69 Å². The summed E-state index contributed by atoms with van der Waals surface area (Å²) in [5.41, 5.74) is 0.568. The van der Waals surface area contributed by atoms with Crippen molar-refractivity contribution in [3.8, 4) is 11.4 Å². The third-order valence-corrected chi connectivity index (χ3v) is 4.16. The molecule has 0 aliphatic carbocycles. The molecule has 6 nitrogen and oxygen atoms in total. The average Bonchev–Trinajstić information content (AvgIpc) is 3.22. The fourth-order valence-electron chi connectivity index (χ4n) is 2.79. The largest absolute Gasteiger partial charge is 0.504 e. The number of hydrogen-bond acceptors (Lipinski definition) is 4. The van der Waals surface area contributed by atoms with Crippen LogP contribution in [0.5, 0.6) is 5.75 Å². The maximum Gasteiger partial charge on any atom is 0.278 e. The zero-order valence-electron chi connectivity index (χ0n) is 13.5. The second-order valence-electron chi connectivity index (χ2n) is 5.86. The second kappa shape index (κ2) is 7.00. The number of carbonyl (C=O) groups excluding carboxylic acids is 1. The molecule has 7 heteroatoms. The number of ether oxygens (including phenoxy) is 1. The van der Waals surface area contributed by atoms with Gasteiger partial charge >= 0.3 is 0 Å². The van der Waals surface area contributed by atoms with Crippen molar-refractivity contribution >= 4 is 5.91 Å². The van der Waals surface area contributed by atoms with E-state index in [1.54, 1.807) is 4.90 Å². The Bertz CT molecular complexity index is 708. The van der Waals surface area contributed by atoms with Crippen LogP contribution in [-0.4, -0.2) is 52.0 Å². The smallest absolute Gasteiger partial charge is 0.278 e. The van der Waals surface area contributed by atoms with Gasteiger partial charge < -0.3 is 14.7 Å². The Morgan fingerprint density at radius 3 is 2.83 bits per heavy atom. The number of amides is 1. The summed E-state index contributed by atoms with van der Waals surface area (Å²) in [4.78, 5) is 14.3. The summed E-state index contributed by atoms with van der Waals surface area (Å²) in [5.74, 6) is -0.550. The molecule has 1 atom stereocenters. The van der Waals surface area contributed by atoms with Crippen molar-refractivity contribution in [3.63, 3.8) is 0 Å². The predicted octanol–water partition coefficient (Wildman–Crippen LogP) is 2.22. The number of aromatic hydroxyl groups is 1. The van der Waals surface area contributed by atoms with E-state index in [-0.39, 0.29) is 23.2 Å². The minimum absolute atomic E-state index is 0.0000836. The van der Waals surface area contributed by atoms with Gasteiger partial charge in [0.25, 0.3) is 5.91 Å². The van der Waals surface area contributed by atoms with Crippen molar-refractivity contribution < 1.29 is 19.0 Å². The zero-order chi connectivity index (χ0) is 17.1. The van der Waals surface area contributed by atoms with E-state index in [2.05, 4.69) is 5.10 Å². The van der Waals surface area contributed by atoms with Crippen LogP contribution in [-0.2, 0) is 4.74 Å². The number of aromatic nitrogens is 2.